The van der Waals surface area contributed by atoms with Crippen molar-refractivity contribution in [1.82, 2.24) is 10.6 Å². The van der Waals surface area contributed by atoms with Crippen molar-refractivity contribution in [3.8, 4) is 0 Å². The van der Waals surface area contributed by atoms with Crippen LogP contribution in [0.15, 0.2) is 0 Å². The Morgan fingerprint density at radius 2 is 1.71 bits per heavy atom. The van der Waals surface area contributed by atoms with E-state index in [1.807, 2.05) is 6.92 Å². The van der Waals surface area contributed by atoms with E-state index in [9.17, 15) is 19.2 Å². The molecule has 21 heavy (non-hydrogen) atoms. The van der Waals surface area contributed by atoms with Crippen LogP contribution in [-0.2, 0) is 19.1 Å². The van der Waals surface area contributed by atoms with Crippen molar-refractivity contribution < 1.29 is 23.9 Å². The molecule has 2 unspecified atom stereocenters. The van der Waals surface area contributed by atoms with E-state index in [1.54, 1.807) is 13.8 Å². The fourth-order valence-corrected chi connectivity index (χ4v) is 2.86. The summed E-state index contributed by atoms with van der Waals surface area (Å²) in [6.07, 6.45) is 0.867. The van der Waals surface area contributed by atoms with Crippen molar-refractivity contribution in [2.75, 3.05) is 0 Å². The molecular formula is C14H22N2O5. The summed E-state index contributed by atoms with van der Waals surface area (Å²) in [5, 5.41) is 4.30. The number of hydrogen-bond acceptors (Lipinski definition) is 5. The average Bonchev–Trinajstić information content (AvgIpc) is 2.33. The maximum atomic E-state index is 12.3. The molecule has 7 nitrogen and oxygen atoms in total. The molecule has 0 aromatic carbocycles. The number of nitrogens with one attached hydrogen (secondary N) is 2. The first-order valence-electron chi connectivity index (χ1n) is 7.08. The third-order valence-electron chi connectivity index (χ3n) is 3.80. The molecule has 1 rings (SSSR count). The first-order valence-corrected chi connectivity index (χ1v) is 7.08. The molecule has 1 aliphatic heterocycles. The van der Waals surface area contributed by atoms with Crippen molar-refractivity contribution in [2.45, 2.75) is 53.1 Å². The standard InChI is InChI=1S/C14H22N2O5/c1-5-6-8(2)14(7-9(3)21-10(4)17)11(18)15-13(20)16-12(14)19/h8-9H,5-7H2,1-4H3,(H2,15,16,18,19,20). The molecule has 2 N–H and O–H groups in total. The van der Waals surface area contributed by atoms with Gasteiger partial charge in [0.2, 0.25) is 11.8 Å². The topological polar surface area (TPSA) is 102 Å². The number of esters is 1. The number of rotatable bonds is 6. The number of imide groups is 2. The van der Waals surface area contributed by atoms with Gasteiger partial charge in [0.1, 0.15) is 11.5 Å². The van der Waals surface area contributed by atoms with E-state index in [-0.39, 0.29) is 12.3 Å². The number of carbonyl (C=O) groups is 4. The van der Waals surface area contributed by atoms with E-state index in [4.69, 9.17) is 4.74 Å². The highest BCUT2D eigenvalue weighted by molar-refractivity contribution is 6.19. The van der Waals surface area contributed by atoms with Crippen LogP contribution in [0.5, 0.6) is 0 Å². The van der Waals surface area contributed by atoms with Gasteiger partial charge in [0.25, 0.3) is 0 Å². The van der Waals surface area contributed by atoms with E-state index in [2.05, 4.69) is 10.6 Å². The third-order valence-corrected chi connectivity index (χ3v) is 3.80. The van der Waals surface area contributed by atoms with Crippen LogP contribution in [0.3, 0.4) is 0 Å². The molecule has 0 bridgehead atoms. The number of carbonyl (C=O) groups excluding carboxylic acids is 4. The summed E-state index contributed by atoms with van der Waals surface area (Å²) >= 11 is 0. The van der Waals surface area contributed by atoms with Crippen LogP contribution in [0.4, 0.5) is 4.79 Å². The highest BCUT2D eigenvalue weighted by Crippen LogP contribution is 2.38. The zero-order valence-electron chi connectivity index (χ0n) is 12.8. The van der Waals surface area contributed by atoms with Crippen molar-refractivity contribution in [2.24, 2.45) is 11.3 Å². The fraction of sp³-hybridized carbons (Fsp3) is 0.714. The summed E-state index contributed by atoms with van der Waals surface area (Å²) in [6, 6.07) is -0.815. The van der Waals surface area contributed by atoms with Gasteiger partial charge in [-0.15, -0.1) is 0 Å². The van der Waals surface area contributed by atoms with Crippen molar-refractivity contribution in [3.05, 3.63) is 0 Å². The first-order chi connectivity index (χ1) is 9.73. The number of ether oxygens (including phenoxy) is 1. The maximum absolute atomic E-state index is 12.3. The third kappa shape index (κ3) is 3.59. The van der Waals surface area contributed by atoms with Gasteiger partial charge in [0, 0.05) is 13.3 Å². The van der Waals surface area contributed by atoms with E-state index >= 15 is 0 Å². The van der Waals surface area contributed by atoms with Crippen LogP contribution in [0.25, 0.3) is 0 Å². The summed E-state index contributed by atoms with van der Waals surface area (Å²) in [7, 11) is 0. The molecular weight excluding hydrogens is 276 g/mol. The van der Waals surface area contributed by atoms with Gasteiger partial charge in [-0.3, -0.25) is 25.0 Å². The molecule has 1 heterocycles. The fourth-order valence-electron chi connectivity index (χ4n) is 2.86. The molecule has 0 radical (unpaired) electrons. The largest absolute Gasteiger partial charge is 0.463 e. The SMILES string of the molecule is CCCC(C)C1(CC(C)OC(C)=O)C(=O)NC(=O)NC1=O. The Labute approximate surface area is 123 Å². The van der Waals surface area contributed by atoms with Gasteiger partial charge < -0.3 is 4.74 Å². The van der Waals surface area contributed by atoms with E-state index in [0.29, 0.717) is 6.42 Å². The lowest BCUT2D eigenvalue weighted by molar-refractivity contribution is -0.158. The van der Waals surface area contributed by atoms with Gasteiger partial charge in [0.15, 0.2) is 0 Å². The molecule has 4 amide bonds. The lowest BCUT2D eigenvalue weighted by Crippen LogP contribution is -2.65. The Hall–Kier alpha value is -1.92. The lowest BCUT2D eigenvalue weighted by Gasteiger charge is -2.39. The molecule has 0 aromatic rings. The number of amides is 4. The normalized spacial score (nSPS) is 20.3. The minimum Gasteiger partial charge on any atom is -0.463 e. The predicted molar refractivity (Wildman–Crippen MR) is 74.0 cm³/mol. The Balaban J connectivity index is 3.10. The second-order valence-electron chi connectivity index (χ2n) is 5.52. The van der Waals surface area contributed by atoms with Gasteiger partial charge in [-0.1, -0.05) is 20.3 Å². The average molecular weight is 298 g/mol. The summed E-state index contributed by atoms with van der Waals surface area (Å²) < 4.78 is 5.05. The lowest BCUT2D eigenvalue weighted by atomic mass is 9.68. The van der Waals surface area contributed by atoms with Crippen molar-refractivity contribution in [1.29, 1.82) is 0 Å². The highest BCUT2D eigenvalue weighted by Gasteiger charge is 2.54. The highest BCUT2D eigenvalue weighted by atomic mass is 16.5. The quantitative estimate of drug-likeness (QED) is 0.565. The Morgan fingerprint density at radius 3 is 2.14 bits per heavy atom. The van der Waals surface area contributed by atoms with E-state index < -0.39 is 35.3 Å². The molecule has 7 heteroatoms. The molecule has 1 saturated heterocycles. The van der Waals surface area contributed by atoms with Gasteiger partial charge in [-0.05, 0) is 19.3 Å². The van der Waals surface area contributed by atoms with Gasteiger partial charge in [-0.2, -0.15) is 0 Å². The number of urea groups is 1. The molecule has 2 atom stereocenters. The van der Waals surface area contributed by atoms with Crippen LogP contribution in [0.1, 0.15) is 47.0 Å². The Bertz CT molecular complexity index is 440. The second kappa shape index (κ2) is 6.69. The maximum Gasteiger partial charge on any atom is 0.328 e. The smallest absolute Gasteiger partial charge is 0.328 e. The van der Waals surface area contributed by atoms with Crippen LogP contribution < -0.4 is 10.6 Å². The zero-order chi connectivity index (χ0) is 16.2. The summed E-state index contributed by atoms with van der Waals surface area (Å²) in [5.74, 6) is -2.02. The number of hydrogen-bond donors (Lipinski definition) is 2. The minimum absolute atomic E-state index is 0.0404. The summed E-state index contributed by atoms with van der Waals surface area (Å²) in [6.45, 7) is 6.63. The van der Waals surface area contributed by atoms with Gasteiger partial charge in [0.05, 0.1) is 0 Å². The first kappa shape index (κ1) is 17.1. The van der Waals surface area contributed by atoms with Crippen LogP contribution in [0.2, 0.25) is 0 Å². The Kier molecular flexibility index (Phi) is 5.46. The Morgan fingerprint density at radius 1 is 1.19 bits per heavy atom. The van der Waals surface area contributed by atoms with Crippen LogP contribution >= 0.6 is 0 Å². The predicted octanol–water partition coefficient (Wildman–Crippen LogP) is 1.12. The van der Waals surface area contributed by atoms with Crippen LogP contribution in [0, 0.1) is 11.3 Å². The molecule has 1 fully saturated rings. The number of barbiturate groups is 1. The van der Waals surface area contributed by atoms with Gasteiger partial charge in [-0.25, -0.2) is 4.79 Å². The van der Waals surface area contributed by atoms with Crippen LogP contribution in [-0.4, -0.2) is 29.9 Å². The molecule has 118 valence electrons. The van der Waals surface area contributed by atoms with E-state index in [1.165, 1.54) is 6.92 Å². The second-order valence-corrected chi connectivity index (χ2v) is 5.52. The molecule has 0 aromatic heterocycles. The van der Waals surface area contributed by atoms with Gasteiger partial charge >= 0.3 is 12.0 Å². The molecule has 1 aliphatic rings. The summed E-state index contributed by atoms with van der Waals surface area (Å²) in [4.78, 5) is 47.0. The van der Waals surface area contributed by atoms with E-state index in [0.717, 1.165) is 6.42 Å². The molecule has 0 saturated carbocycles. The monoisotopic (exact) mass is 298 g/mol. The van der Waals surface area contributed by atoms with Crippen molar-refractivity contribution >= 4 is 23.8 Å². The summed E-state index contributed by atoms with van der Waals surface area (Å²) in [5.41, 5.74) is -1.40. The minimum atomic E-state index is -1.40. The molecule has 0 aliphatic carbocycles. The zero-order valence-corrected chi connectivity index (χ0v) is 12.8. The molecule has 0 spiro atoms. The van der Waals surface area contributed by atoms with Crippen molar-refractivity contribution in [3.63, 3.8) is 0 Å².